The van der Waals surface area contributed by atoms with E-state index in [1.54, 1.807) is 7.11 Å². The minimum Gasteiger partial charge on any atom is -0.496 e. The average Bonchev–Trinajstić information content (AvgIpc) is 2.28. The van der Waals surface area contributed by atoms with Crippen LogP contribution >= 0.6 is 0 Å². The van der Waals surface area contributed by atoms with Crippen LogP contribution < -0.4 is 10.1 Å². The van der Waals surface area contributed by atoms with Gasteiger partial charge in [0.1, 0.15) is 5.75 Å². The van der Waals surface area contributed by atoms with Gasteiger partial charge in [0.25, 0.3) is 0 Å². The van der Waals surface area contributed by atoms with Gasteiger partial charge in [-0.05, 0) is 43.0 Å². The van der Waals surface area contributed by atoms with Crippen LogP contribution in [0, 0.1) is 5.41 Å². The summed E-state index contributed by atoms with van der Waals surface area (Å²) >= 11 is 0. The molecule has 0 saturated carbocycles. The molecule has 0 saturated heterocycles. The van der Waals surface area contributed by atoms with Crippen LogP contribution in [-0.2, 0) is 0 Å². The number of rotatable bonds is 5. The second-order valence-electron chi connectivity index (χ2n) is 5.55. The first-order chi connectivity index (χ1) is 8.00. The maximum atomic E-state index is 5.48. The van der Waals surface area contributed by atoms with Gasteiger partial charge in [-0.1, -0.05) is 39.0 Å². The standard InChI is InChI=1S/C15H25NO/c1-15(2,3)13(10-11-16-4)12-8-6-7-9-14(12)17-5/h6-9,13,16H,10-11H2,1-5H3. The fourth-order valence-electron chi connectivity index (χ4n) is 2.30. The molecule has 2 heteroatoms. The summed E-state index contributed by atoms with van der Waals surface area (Å²) in [5.74, 6) is 1.51. The van der Waals surface area contributed by atoms with Crippen LogP contribution in [-0.4, -0.2) is 20.7 Å². The largest absolute Gasteiger partial charge is 0.496 e. The highest BCUT2D eigenvalue weighted by molar-refractivity contribution is 5.37. The molecular weight excluding hydrogens is 210 g/mol. The second kappa shape index (κ2) is 6.06. The Balaban J connectivity index is 3.03. The molecular formula is C15H25NO. The van der Waals surface area contributed by atoms with Gasteiger partial charge in [-0.3, -0.25) is 0 Å². The van der Waals surface area contributed by atoms with E-state index in [9.17, 15) is 0 Å². The molecule has 17 heavy (non-hydrogen) atoms. The lowest BCUT2D eigenvalue weighted by Gasteiger charge is -2.32. The Labute approximate surface area is 105 Å². The van der Waals surface area contributed by atoms with E-state index in [-0.39, 0.29) is 5.41 Å². The molecule has 0 aromatic heterocycles. The summed E-state index contributed by atoms with van der Waals surface area (Å²) in [5.41, 5.74) is 1.56. The molecule has 1 unspecified atom stereocenters. The number of ether oxygens (including phenoxy) is 1. The van der Waals surface area contributed by atoms with E-state index >= 15 is 0 Å². The first kappa shape index (κ1) is 14.0. The van der Waals surface area contributed by atoms with E-state index in [1.807, 2.05) is 19.2 Å². The number of hydrogen-bond acceptors (Lipinski definition) is 2. The Morgan fingerprint density at radius 1 is 1.24 bits per heavy atom. The molecule has 0 heterocycles. The van der Waals surface area contributed by atoms with E-state index in [1.165, 1.54) is 5.56 Å². The molecule has 1 aromatic carbocycles. The van der Waals surface area contributed by atoms with Crippen LogP contribution in [0.25, 0.3) is 0 Å². The number of nitrogens with one attached hydrogen (secondary N) is 1. The van der Waals surface area contributed by atoms with Crippen molar-refractivity contribution in [3.63, 3.8) is 0 Å². The monoisotopic (exact) mass is 235 g/mol. The van der Waals surface area contributed by atoms with E-state index in [4.69, 9.17) is 4.74 Å². The zero-order valence-electron chi connectivity index (χ0n) is 11.7. The first-order valence-electron chi connectivity index (χ1n) is 6.28. The van der Waals surface area contributed by atoms with Gasteiger partial charge < -0.3 is 10.1 Å². The minimum atomic E-state index is 0.242. The highest BCUT2D eigenvalue weighted by Gasteiger charge is 2.27. The Kier molecular flexibility index (Phi) is 5.01. The van der Waals surface area contributed by atoms with Crippen molar-refractivity contribution in [2.45, 2.75) is 33.1 Å². The van der Waals surface area contributed by atoms with Crippen molar-refractivity contribution in [3.05, 3.63) is 29.8 Å². The molecule has 0 aliphatic carbocycles. The molecule has 0 bridgehead atoms. The molecule has 2 nitrogen and oxygen atoms in total. The SMILES string of the molecule is CNCCC(c1ccccc1OC)C(C)(C)C. The van der Waals surface area contributed by atoms with Crippen LogP contribution in [0.4, 0.5) is 0 Å². The smallest absolute Gasteiger partial charge is 0.122 e. The van der Waals surface area contributed by atoms with Crippen molar-refractivity contribution in [2.75, 3.05) is 20.7 Å². The third-order valence-electron chi connectivity index (χ3n) is 3.24. The fraction of sp³-hybridized carbons (Fsp3) is 0.600. The minimum absolute atomic E-state index is 0.242. The quantitative estimate of drug-likeness (QED) is 0.844. The molecule has 0 aliphatic heterocycles. The zero-order valence-corrected chi connectivity index (χ0v) is 11.7. The van der Waals surface area contributed by atoms with Crippen molar-refractivity contribution in [1.82, 2.24) is 5.32 Å². The summed E-state index contributed by atoms with van der Waals surface area (Å²) in [6.07, 6.45) is 1.13. The Hall–Kier alpha value is -1.02. The molecule has 96 valence electrons. The van der Waals surface area contributed by atoms with Gasteiger partial charge in [0.2, 0.25) is 0 Å². The predicted molar refractivity (Wildman–Crippen MR) is 73.7 cm³/mol. The summed E-state index contributed by atoms with van der Waals surface area (Å²) in [5, 5.41) is 3.24. The second-order valence-corrected chi connectivity index (χ2v) is 5.55. The normalized spacial score (nSPS) is 13.5. The molecule has 0 fully saturated rings. The molecule has 0 aliphatic rings. The fourth-order valence-corrected chi connectivity index (χ4v) is 2.30. The van der Waals surface area contributed by atoms with E-state index in [0.717, 1.165) is 18.7 Å². The van der Waals surface area contributed by atoms with E-state index < -0.39 is 0 Å². The van der Waals surface area contributed by atoms with Crippen LogP contribution in [0.15, 0.2) is 24.3 Å². The summed E-state index contributed by atoms with van der Waals surface area (Å²) in [7, 11) is 3.75. The van der Waals surface area contributed by atoms with Crippen molar-refractivity contribution in [2.24, 2.45) is 5.41 Å². The third kappa shape index (κ3) is 3.74. The highest BCUT2D eigenvalue weighted by atomic mass is 16.5. The summed E-state index contributed by atoms with van der Waals surface area (Å²) in [6.45, 7) is 7.90. The maximum absolute atomic E-state index is 5.48. The van der Waals surface area contributed by atoms with Crippen molar-refractivity contribution >= 4 is 0 Å². The molecule has 1 atom stereocenters. The Morgan fingerprint density at radius 2 is 1.88 bits per heavy atom. The van der Waals surface area contributed by atoms with Gasteiger partial charge in [-0.15, -0.1) is 0 Å². The number of para-hydroxylation sites is 1. The van der Waals surface area contributed by atoms with Gasteiger partial charge in [0.15, 0.2) is 0 Å². The number of methoxy groups -OCH3 is 1. The first-order valence-corrected chi connectivity index (χ1v) is 6.28. The van der Waals surface area contributed by atoms with Crippen molar-refractivity contribution in [1.29, 1.82) is 0 Å². The predicted octanol–water partition coefficient (Wildman–Crippen LogP) is 3.43. The Morgan fingerprint density at radius 3 is 2.41 bits per heavy atom. The van der Waals surface area contributed by atoms with Crippen molar-refractivity contribution in [3.8, 4) is 5.75 Å². The van der Waals surface area contributed by atoms with Crippen LogP contribution in [0.1, 0.15) is 38.7 Å². The Bertz CT molecular complexity index is 341. The van der Waals surface area contributed by atoms with Gasteiger partial charge >= 0.3 is 0 Å². The van der Waals surface area contributed by atoms with Crippen LogP contribution in [0.5, 0.6) is 5.75 Å². The summed E-state index contributed by atoms with van der Waals surface area (Å²) in [4.78, 5) is 0. The van der Waals surface area contributed by atoms with Gasteiger partial charge in [0.05, 0.1) is 7.11 Å². The molecule has 1 aromatic rings. The van der Waals surface area contributed by atoms with Crippen molar-refractivity contribution < 1.29 is 4.74 Å². The van der Waals surface area contributed by atoms with E-state index in [2.05, 4.69) is 38.2 Å². The number of hydrogen-bond donors (Lipinski definition) is 1. The van der Waals surface area contributed by atoms with E-state index in [0.29, 0.717) is 5.92 Å². The summed E-state index contributed by atoms with van der Waals surface area (Å²) in [6, 6.07) is 8.36. The lowest BCUT2D eigenvalue weighted by molar-refractivity contribution is 0.293. The molecule has 1 N–H and O–H groups in total. The lowest BCUT2D eigenvalue weighted by Crippen LogP contribution is -2.23. The van der Waals surface area contributed by atoms with Gasteiger partial charge in [-0.25, -0.2) is 0 Å². The third-order valence-corrected chi connectivity index (χ3v) is 3.24. The summed E-state index contributed by atoms with van der Waals surface area (Å²) < 4.78 is 5.48. The van der Waals surface area contributed by atoms with Crippen LogP contribution in [0.2, 0.25) is 0 Å². The number of benzene rings is 1. The average molecular weight is 235 g/mol. The van der Waals surface area contributed by atoms with Gasteiger partial charge in [0, 0.05) is 0 Å². The molecule has 1 rings (SSSR count). The molecule has 0 spiro atoms. The zero-order chi connectivity index (χ0) is 12.9. The molecule has 0 radical (unpaired) electrons. The molecule has 0 amide bonds. The maximum Gasteiger partial charge on any atom is 0.122 e. The lowest BCUT2D eigenvalue weighted by atomic mass is 9.74. The van der Waals surface area contributed by atoms with Crippen LogP contribution in [0.3, 0.4) is 0 Å². The topological polar surface area (TPSA) is 21.3 Å². The highest BCUT2D eigenvalue weighted by Crippen LogP contribution is 2.41. The van der Waals surface area contributed by atoms with Gasteiger partial charge in [-0.2, -0.15) is 0 Å².